The summed E-state index contributed by atoms with van der Waals surface area (Å²) < 4.78 is 0. The second-order valence-corrected chi connectivity index (χ2v) is 11.3. The lowest BCUT2D eigenvalue weighted by Crippen LogP contribution is -2.54. The van der Waals surface area contributed by atoms with Gasteiger partial charge in [-0.05, 0) is 47.5 Å². The Morgan fingerprint density at radius 1 is 0.829 bits per heavy atom. The highest BCUT2D eigenvalue weighted by Crippen LogP contribution is 2.55. The largest absolute Gasteiger partial charge is 0.292 e. The van der Waals surface area contributed by atoms with Crippen LogP contribution in [0.2, 0.25) is 0 Å². The number of hydrogen-bond donors (Lipinski definition) is 0. The third-order valence-electron chi connectivity index (χ3n) is 7.19. The highest BCUT2D eigenvalue weighted by molar-refractivity contribution is 8.17. The summed E-state index contributed by atoms with van der Waals surface area (Å²) in [6.07, 6.45) is 0. The first-order valence-corrected chi connectivity index (χ1v) is 14.1. The van der Waals surface area contributed by atoms with Crippen LogP contribution in [0.1, 0.15) is 48.9 Å². The lowest BCUT2D eigenvalue weighted by molar-refractivity contribution is -0.384. The van der Waals surface area contributed by atoms with Crippen LogP contribution in [0.15, 0.2) is 113 Å². The molecule has 1 unspecified atom stereocenters. The SMILES string of the molecule is CC(=O)C1=NN(c2ccc([N+](=O)[O-])cc2)C2(S1)c1ccccc1C(c1ccc(C(C)C)cc1)=NN2c1ccccc1. The van der Waals surface area contributed by atoms with Crippen molar-refractivity contribution in [2.75, 3.05) is 10.0 Å². The molecular formula is C32H27N5O3S. The molecule has 2 heterocycles. The standard InChI is InChI=1S/C32H27N5O3S/c1-21(2)23-13-15-24(16-14-23)30-28-11-7-8-12-29(28)32(35(33-30)25-9-5-4-6-10-25)36(34-31(41-32)22(3)38)26-17-19-27(20-18-26)37(39)40/h4-21H,1-3H3. The molecular weight excluding hydrogens is 534 g/mol. The molecule has 0 fully saturated rings. The summed E-state index contributed by atoms with van der Waals surface area (Å²) in [5.41, 5.74) is 6.18. The smallest absolute Gasteiger partial charge is 0.269 e. The number of benzene rings is 4. The van der Waals surface area contributed by atoms with Gasteiger partial charge in [0.15, 0.2) is 10.8 Å². The Kier molecular flexibility index (Phi) is 6.67. The zero-order chi connectivity index (χ0) is 28.7. The average Bonchev–Trinajstić information content (AvgIpc) is 3.39. The fourth-order valence-corrected chi connectivity index (χ4v) is 6.39. The molecule has 0 N–H and O–H groups in total. The minimum atomic E-state index is -1.11. The number of carbonyl (C=O) groups excluding carboxylic acids is 1. The van der Waals surface area contributed by atoms with Crippen LogP contribution in [0.4, 0.5) is 17.1 Å². The second-order valence-electron chi connectivity index (χ2n) is 10.2. The van der Waals surface area contributed by atoms with Crippen LogP contribution in [-0.4, -0.2) is 21.5 Å². The molecule has 2 aliphatic rings. The lowest BCUT2D eigenvalue weighted by Gasteiger charge is -2.47. The number of nitro groups is 1. The maximum atomic E-state index is 12.8. The summed E-state index contributed by atoms with van der Waals surface area (Å²) in [5, 5.41) is 25.5. The number of anilines is 2. The number of hydrogen-bond acceptors (Lipinski definition) is 8. The number of Topliss-reactive ketones (excluding diaryl/α,β-unsaturated/α-hetero) is 1. The number of hydrazone groups is 2. The molecule has 2 aliphatic heterocycles. The molecule has 0 aliphatic carbocycles. The normalized spacial score (nSPS) is 17.9. The third-order valence-corrected chi connectivity index (χ3v) is 8.61. The Bertz CT molecular complexity index is 1700. The summed E-state index contributed by atoms with van der Waals surface area (Å²) in [7, 11) is 0. The molecule has 4 aromatic rings. The predicted octanol–water partition coefficient (Wildman–Crippen LogP) is 7.26. The summed E-state index contributed by atoms with van der Waals surface area (Å²) in [6.45, 7) is 5.82. The first-order chi connectivity index (χ1) is 19.8. The Morgan fingerprint density at radius 3 is 2.07 bits per heavy atom. The first-order valence-electron chi connectivity index (χ1n) is 13.3. The van der Waals surface area contributed by atoms with Gasteiger partial charge in [0.1, 0.15) is 0 Å². The fraction of sp³-hybridized carbons (Fsp3) is 0.156. The Labute approximate surface area is 242 Å². The molecule has 0 radical (unpaired) electrons. The molecule has 41 heavy (non-hydrogen) atoms. The number of nitro benzene ring substituents is 1. The number of fused-ring (bicyclic) bond motifs is 2. The van der Waals surface area contributed by atoms with E-state index in [-0.39, 0.29) is 11.5 Å². The van der Waals surface area contributed by atoms with Gasteiger partial charge in [0.05, 0.1) is 22.0 Å². The van der Waals surface area contributed by atoms with E-state index in [1.807, 2.05) is 59.6 Å². The monoisotopic (exact) mass is 561 g/mol. The maximum absolute atomic E-state index is 12.8. The molecule has 1 atom stereocenters. The molecule has 0 aromatic heterocycles. The molecule has 204 valence electrons. The molecule has 1 spiro atoms. The van der Waals surface area contributed by atoms with Gasteiger partial charge in [-0.1, -0.05) is 80.6 Å². The van der Waals surface area contributed by atoms with Crippen molar-refractivity contribution < 1.29 is 9.72 Å². The molecule has 0 saturated heterocycles. The van der Waals surface area contributed by atoms with E-state index in [0.717, 1.165) is 28.1 Å². The van der Waals surface area contributed by atoms with Crippen molar-refractivity contribution in [3.05, 3.63) is 135 Å². The highest BCUT2D eigenvalue weighted by atomic mass is 32.2. The van der Waals surface area contributed by atoms with Crippen molar-refractivity contribution in [1.29, 1.82) is 0 Å². The quantitative estimate of drug-likeness (QED) is 0.182. The van der Waals surface area contributed by atoms with Gasteiger partial charge >= 0.3 is 0 Å². The number of rotatable bonds is 6. The van der Waals surface area contributed by atoms with E-state index < -0.39 is 9.92 Å². The zero-order valence-electron chi connectivity index (χ0n) is 22.8. The van der Waals surface area contributed by atoms with E-state index in [1.54, 1.807) is 17.1 Å². The number of nitrogens with zero attached hydrogens (tertiary/aromatic N) is 5. The van der Waals surface area contributed by atoms with Crippen molar-refractivity contribution in [1.82, 2.24) is 0 Å². The van der Waals surface area contributed by atoms with Crippen molar-refractivity contribution in [3.63, 3.8) is 0 Å². The van der Waals surface area contributed by atoms with Crippen LogP contribution in [0.25, 0.3) is 0 Å². The van der Waals surface area contributed by atoms with Crippen LogP contribution in [-0.2, 0) is 9.79 Å². The van der Waals surface area contributed by atoms with E-state index in [2.05, 4.69) is 38.1 Å². The van der Waals surface area contributed by atoms with Gasteiger partial charge in [-0.2, -0.15) is 10.2 Å². The van der Waals surface area contributed by atoms with E-state index in [0.29, 0.717) is 16.6 Å². The lowest BCUT2D eigenvalue weighted by atomic mass is 9.92. The molecule has 4 aromatic carbocycles. The summed E-state index contributed by atoms with van der Waals surface area (Å²) in [6, 6.07) is 32.4. The number of para-hydroxylation sites is 1. The van der Waals surface area contributed by atoms with Crippen molar-refractivity contribution >= 4 is 45.4 Å². The van der Waals surface area contributed by atoms with Crippen LogP contribution < -0.4 is 10.0 Å². The highest BCUT2D eigenvalue weighted by Gasteiger charge is 2.55. The van der Waals surface area contributed by atoms with Crippen LogP contribution in [0.5, 0.6) is 0 Å². The first kappa shape index (κ1) is 26.5. The van der Waals surface area contributed by atoms with Gasteiger partial charge in [-0.3, -0.25) is 14.9 Å². The van der Waals surface area contributed by atoms with Gasteiger partial charge in [0.25, 0.3) is 5.69 Å². The maximum Gasteiger partial charge on any atom is 0.269 e. The number of carbonyl (C=O) groups is 1. The van der Waals surface area contributed by atoms with Gasteiger partial charge in [0, 0.05) is 35.7 Å². The van der Waals surface area contributed by atoms with E-state index in [1.165, 1.54) is 36.4 Å². The average molecular weight is 562 g/mol. The molecule has 8 nitrogen and oxygen atoms in total. The molecule has 0 amide bonds. The predicted molar refractivity (Wildman–Crippen MR) is 164 cm³/mol. The Morgan fingerprint density at radius 2 is 1.44 bits per heavy atom. The summed E-state index contributed by atoms with van der Waals surface area (Å²) in [5.74, 6) is 0.226. The second kappa shape index (κ2) is 10.3. The Balaban J connectivity index is 1.61. The van der Waals surface area contributed by atoms with E-state index in [9.17, 15) is 14.9 Å². The minimum absolute atomic E-state index is 0.0282. The van der Waals surface area contributed by atoms with E-state index in [4.69, 9.17) is 10.2 Å². The van der Waals surface area contributed by atoms with Crippen molar-refractivity contribution in [3.8, 4) is 0 Å². The van der Waals surface area contributed by atoms with Crippen LogP contribution >= 0.6 is 11.8 Å². The molecule has 9 heteroatoms. The van der Waals surface area contributed by atoms with Crippen LogP contribution in [0, 0.1) is 10.1 Å². The van der Waals surface area contributed by atoms with Gasteiger partial charge < -0.3 is 0 Å². The van der Waals surface area contributed by atoms with Gasteiger partial charge in [0.2, 0.25) is 4.99 Å². The number of thioether (sulfide) groups is 1. The molecule has 6 rings (SSSR count). The minimum Gasteiger partial charge on any atom is -0.292 e. The number of non-ortho nitro benzene ring substituents is 1. The van der Waals surface area contributed by atoms with Crippen molar-refractivity contribution in [2.45, 2.75) is 31.7 Å². The van der Waals surface area contributed by atoms with Gasteiger partial charge in [-0.25, -0.2) is 10.0 Å². The van der Waals surface area contributed by atoms with Crippen molar-refractivity contribution in [2.24, 2.45) is 10.2 Å². The molecule has 0 saturated carbocycles. The zero-order valence-corrected chi connectivity index (χ0v) is 23.6. The van der Waals surface area contributed by atoms with E-state index >= 15 is 0 Å². The topological polar surface area (TPSA) is 91.4 Å². The van der Waals surface area contributed by atoms with Gasteiger partial charge in [-0.15, -0.1) is 0 Å². The Hall–Kier alpha value is -4.76. The summed E-state index contributed by atoms with van der Waals surface area (Å²) in [4.78, 5) is 22.6. The van der Waals surface area contributed by atoms with Crippen LogP contribution in [0.3, 0.4) is 0 Å². The fourth-order valence-electron chi connectivity index (χ4n) is 5.10. The summed E-state index contributed by atoms with van der Waals surface area (Å²) >= 11 is 1.32. The number of ketones is 1. The molecule has 0 bridgehead atoms. The third kappa shape index (κ3) is 4.48.